The van der Waals surface area contributed by atoms with Crippen molar-refractivity contribution in [3.8, 4) is 0 Å². The first kappa shape index (κ1) is 8.81. The molecule has 2 nitrogen and oxygen atoms in total. The van der Waals surface area contributed by atoms with Crippen LogP contribution in [0.2, 0.25) is 5.28 Å². The van der Waals surface area contributed by atoms with Crippen molar-refractivity contribution in [1.29, 1.82) is 0 Å². The van der Waals surface area contributed by atoms with E-state index in [4.69, 9.17) is 11.6 Å². The van der Waals surface area contributed by atoms with Gasteiger partial charge in [-0.1, -0.05) is 6.92 Å². The van der Waals surface area contributed by atoms with Crippen molar-refractivity contribution in [2.24, 2.45) is 0 Å². The second-order valence-corrected chi connectivity index (χ2v) is 3.65. The Bertz CT molecular complexity index is 252. The zero-order valence-electron chi connectivity index (χ0n) is 6.47. The fourth-order valence-corrected chi connectivity index (χ4v) is 1.58. The highest BCUT2D eigenvalue weighted by atomic mass is 35.5. The standard InChI is InChI=1S/C7H9ClN2S/c1-3-11-6-5(2)4-9-7(8)10-6/h4H,3H2,1-2H3. The molecular formula is C7H9ClN2S. The first-order chi connectivity index (χ1) is 5.24. The quantitative estimate of drug-likeness (QED) is 0.405. The van der Waals surface area contributed by atoms with Gasteiger partial charge in [0.2, 0.25) is 5.28 Å². The van der Waals surface area contributed by atoms with Crippen LogP contribution in [0.1, 0.15) is 12.5 Å². The predicted molar refractivity (Wildman–Crippen MR) is 48.2 cm³/mol. The molecule has 0 aliphatic carbocycles. The van der Waals surface area contributed by atoms with Crippen LogP contribution < -0.4 is 0 Å². The fourth-order valence-electron chi connectivity index (χ4n) is 0.689. The van der Waals surface area contributed by atoms with Crippen LogP contribution in [0.5, 0.6) is 0 Å². The molecule has 11 heavy (non-hydrogen) atoms. The van der Waals surface area contributed by atoms with E-state index in [9.17, 15) is 0 Å². The smallest absolute Gasteiger partial charge is 0.223 e. The Morgan fingerprint density at radius 1 is 1.64 bits per heavy atom. The molecular weight excluding hydrogens is 180 g/mol. The number of nitrogens with zero attached hydrogens (tertiary/aromatic N) is 2. The highest BCUT2D eigenvalue weighted by Gasteiger charge is 2.00. The molecule has 0 radical (unpaired) electrons. The molecule has 0 saturated heterocycles. The summed E-state index contributed by atoms with van der Waals surface area (Å²) >= 11 is 7.30. The number of hydrogen-bond donors (Lipinski definition) is 0. The van der Waals surface area contributed by atoms with E-state index in [0.29, 0.717) is 5.28 Å². The first-order valence-electron chi connectivity index (χ1n) is 3.36. The number of aryl methyl sites for hydroxylation is 1. The van der Waals surface area contributed by atoms with E-state index >= 15 is 0 Å². The average Bonchev–Trinajstić information content (AvgIpc) is 1.98. The number of aromatic nitrogens is 2. The molecule has 0 unspecified atom stereocenters. The molecule has 0 saturated carbocycles. The largest absolute Gasteiger partial charge is 0.226 e. The lowest BCUT2D eigenvalue weighted by atomic mass is 10.4. The van der Waals surface area contributed by atoms with E-state index < -0.39 is 0 Å². The Morgan fingerprint density at radius 2 is 2.36 bits per heavy atom. The molecule has 0 aliphatic rings. The number of rotatable bonds is 2. The van der Waals surface area contributed by atoms with Gasteiger partial charge in [0.05, 0.1) is 0 Å². The molecule has 0 aliphatic heterocycles. The van der Waals surface area contributed by atoms with Gasteiger partial charge in [0.15, 0.2) is 0 Å². The molecule has 1 heterocycles. The van der Waals surface area contributed by atoms with Gasteiger partial charge in [-0.15, -0.1) is 11.8 Å². The molecule has 0 amide bonds. The summed E-state index contributed by atoms with van der Waals surface area (Å²) in [4.78, 5) is 7.94. The van der Waals surface area contributed by atoms with Crippen LogP contribution in [0.3, 0.4) is 0 Å². The van der Waals surface area contributed by atoms with Gasteiger partial charge >= 0.3 is 0 Å². The van der Waals surface area contributed by atoms with Gasteiger partial charge in [0, 0.05) is 6.20 Å². The van der Waals surface area contributed by atoms with Gasteiger partial charge < -0.3 is 0 Å². The Balaban J connectivity index is 2.93. The van der Waals surface area contributed by atoms with Crippen LogP contribution in [0.4, 0.5) is 0 Å². The van der Waals surface area contributed by atoms with Crippen molar-refractivity contribution in [1.82, 2.24) is 9.97 Å². The summed E-state index contributed by atoms with van der Waals surface area (Å²) in [5.41, 5.74) is 1.08. The SMILES string of the molecule is CCSc1nc(Cl)ncc1C. The first-order valence-corrected chi connectivity index (χ1v) is 4.72. The van der Waals surface area contributed by atoms with Crippen LogP contribution in [0.15, 0.2) is 11.2 Å². The molecule has 1 aromatic heterocycles. The van der Waals surface area contributed by atoms with E-state index in [2.05, 4.69) is 16.9 Å². The summed E-state index contributed by atoms with van der Waals surface area (Å²) < 4.78 is 0. The third-order valence-corrected chi connectivity index (χ3v) is 2.33. The van der Waals surface area contributed by atoms with Crippen molar-refractivity contribution in [2.75, 3.05) is 5.75 Å². The molecule has 0 N–H and O–H groups in total. The number of halogens is 1. The topological polar surface area (TPSA) is 25.8 Å². The maximum Gasteiger partial charge on any atom is 0.223 e. The number of hydrogen-bond acceptors (Lipinski definition) is 3. The second-order valence-electron chi connectivity index (χ2n) is 2.06. The highest BCUT2D eigenvalue weighted by molar-refractivity contribution is 7.99. The van der Waals surface area contributed by atoms with Crippen LogP contribution in [0.25, 0.3) is 0 Å². The Morgan fingerprint density at radius 3 is 3.00 bits per heavy atom. The molecule has 0 atom stereocenters. The van der Waals surface area contributed by atoms with E-state index in [0.717, 1.165) is 16.3 Å². The Hall–Kier alpha value is -0.280. The zero-order chi connectivity index (χ0) is 8.27. The van der Waals surface area contributed by atoms with Gasteiger partial charge in [-0.3, -0.25) is 0 Å². The average molecular weight is 189 g/mol. The van der Waals surface area contributed by atoms with Gasteiger partial charge in [-0.2, -0.15) is 0 Å². The maximum absolute atomic E-state index is 5.62. The summed E-state index contributed by atoms with van der Waals surface area (Å²) in [5, 5.41) is 1.30. The molecule has 1 rings (SSSR count). The summed E-state index contributed by atoms with van der Waals surface area (Å²) in [6, 6.07) is 0. The minimum atomic E-state index is 0.326. The zero-order valence-corrected chi connectivity index (χ0v) is 8.04. The van der Waals surface area contributed by atoms with Crippen molar-refractivity contribution >= 4 is 23.4 Å². The van der Waals surface area contributed by atoms with E-state index in [1.807, 2.05) is 6.92 Å². The molecule has 0 fully saturated rings. The molecule has 0 spiro atoms. The van der Waals surface area contributed by atoms with Crippen molar-refractivity contribution in [3.63, 3.8) is 0 Å². The number of thioether (sulfide) groups is 1. The molecule has 60 valence electrons. The van der Waals surface area contributed by atoms with Crippen LogP contribution in [-0.2, 0) is 0 Å². The Labute approximate surface area is 75.4 Å². The predicted octanol–water partition coefficient (Wildman–Crippen LogP) is 2.55. The molecule has 1 aromatic rings. The second kappa shape index (κ2) is 3.93. The highest BCUT2D eigenvalue weighted by Crippen LogP contribution is 2.19. The third kappa shape index (κ3) is 2.34. The summed E-state index contributed by atoms with van der Waals surface area (Å²) in [7, 11) is 0. The Kier molecular flexibility index (Phi) is 3.15. The van der Waals surface area contributed by atoms with Crippen LogP contribution in [-0.4, -0.2) is 15.7 Å². The van der Waals surface area contributed by atoms with Crippen LogP contribution >= 0.6 is 23.4 Å². The lowest BCUT2D eigenvalue weighted by molar-refractivity contribution is 1.00. The normalized spacial score (nSPS) is 10.1. The summed E-state index contributed by atoms with van der Waals surface area (Å²) in [6.45, 7) is 4.06. The lowest BCUT2D eigenvalue weighted by Gasteiger charge is -2.00. The van der Waals surface area contributed by atoms with E-state index in [1.54, 1.807) is 18.0 Å². The van der Waals surface area contributed by atoms with Crippen LogP contribution in [0, 0.1) is 6.92 Å². The molecule has 4 heteroatoms. The lowest BCUT2D eigenvalue weighted by Crippen LogP contribution is -1.89. The van der Waals surface area contributed by atoms with Crippen molar-refractivity contribution in [3.05, 3.63) is 17.0 Å². The van der Waals surface area contributed by atoms with Gasteiger partial charge in [0.25, 0.3) is 0 Å². The molecule has 0 bridgehead atoms. The molecule has 0 aromatic carbocycles. The minimum Gasteiger partial charge on any atom is -0.226 e. The maximum atomic E-state index is 5.62. The summed E-state index contributed by atoms with van der Waals surface area (Å²) in [6.07, 6.45) is 1.74. The van der Waals surface area contributed by atoms with Crippen molar-refractivity contribution < 1.29 is 0 Å². The third-order valence-electron chi connectivity index (χ3n) is 1.18. The van der Waals surface area contributed by atoms with E-state index in [-0.39, 0.29) is 0 Å². The monoisotopic (exact) mass is 188 g/mol. The van der Waals surface area contributed by atoms with Gasteiger partial charge in [-0.25, -0.2) is 9.97 Å². The van der Waals surface area contributed by atoms with Crippen molar-refractivity contribution in [2.45, 2.75) is 18.9 Å². The fraction of sp³-hybridized carbons (Fsp3) is 0.429. The minimum absolute atomic E-state index is 0.326. The van der Waals surface area contributed by atoms with Gasteiger partial charge in [0.1, 0.15) is 5.03 Å². The van der Waals surface area contributed by atoms with Gasteiger partial charge in [-0.05, 0) is 29.8 Å². The summed E-state index contributed by atoms with van der Waals surface area (Å²) in [5.74, 6) is 1.01. The van der Waals surface area contributed by atoms with E-state index in [1.165, 1.54) is 0 Å².